The molecule has 2 saturated heterocycles. The normalized spacial score (nSPS) is 21.3. The van der Waals surface area contributed by atoms with Crippen LogP contribution >= 0.6 is 0 Å². The molecule has 1 atom stereocenters. The molecular weight excluding hydrogens is 334 g/mol. The van der Waals surface area contributed by atoms with E-state index in [1.54, 1.807) is 0 Å². The zero-order chi connectivity index (χ0) is 19.1. The third kappa shape index (κ3) is 5.79. The molecule has 4 nitrogen and oxygen atoms in total. The largest absolute Gasteiger partial charge is 0.341 e. The Labute approximate surface area is 165 Å². The fourth-order valence-electron chi connectivity index (χ4n) is 4.62. The van der Waals surface area contributed by atoms with Gasteiger partial charge in [0.1, 0.15) is 0 Å². The first-order valence-corrected chi connectivity index (χ1v) is 10.9. The van der Waals surface area contributed by atoms with Crippen LogP contribution in [0.25, 0.3) is 0 Å². The van der Waals surface area contributed by atoms with Gasteiger partial charge in [0, 0.05) is 13.1 Å². The number of nitrogens with zero attached hydrogens (tertiary/aromatic N) is 2. The predicted molar refractivity (Wildman–Crippen MR) is 112 cm³/mol. The maximum Gasteiger partial charge on any atom is 0.239 e. The zero-order valence-corrected chi connectivity index (χ0v) is 17.2. The first-order valence-electron chi connectivity index (χ1n) is 10.9. The summed E-state index contributed by atoms with van der Waals surface area (Å²) in [5.74, 6) is 1.84. The van der Waals surface area contributed by atoms with E-state index in [1.807, 2.05) is 0 Å². The molecule has 0 aromatic heterocycles. The zero-order valence-electron chi connectivity index (χ0n) is 17.2. The Hall–Kier alpha value is -1.39. The molecule has 2 aliphatic rings. The molecule has 1 N–H and O–H groups in total. The number of hydrogen-bond donors (Lipinski definition) is 1. The summed E-state index contributed by atoms with van der Waals surface area (Å²) >= 11 is 0. The lowest BCUT2D eigenvalue weighted by Gasteiger charge is -2.39. The molecule has 2 aliphatic heterocycles. The Balaban J connectivity index is 1.41. The van der Waals surface area contributed by atoms with E-state index in [9.17, 15) is 4.79 Å². The second-order valence-corrected chi connectivity index (χ2v) is 8.42. The van der Waals surface area contributed by atoms with Gasteiger partial charge in [-0.05, 0) is 82.6 Å². The maximum absolute atomic E-state index is 13.0. The Morgan fingerprint density at radius 2 is 1.67 bits per heavy atom. The Morgan fingerprint density at radius 3 is 2.30 bits per heavy atom. The highest BCUT2D eigenvalue weighted by atomic mass is 16.2. The summed E-state index contributed by atoms with van der Waals surface area (Å²) in [7, 11) is 0. The van der Waals surface area contributed by atoms with Crippen LogP contribution in [-0.2, 0) is 11.2 Å². The van der Waals surface area contributed by atoms with Crippen molar-refractivity contribution in [1.29, 1.82) is 0 Å². The molecule has 3 rings (SSSR count). The smallest absolute Gasteiger partial charge is 0.239 e. The van der Waals surface area contributed by atoms with Gasteiger partial charge in [0.05, 0.1) is 6.04 Å². The summed E-state index contributed by atoms with van der Waals surface area (Å²) in [6, 6.07) is 10.9. The van der Waals surface area contributed by atoms with Gasteiger partial charge in [0.15, 0.2) is 0 Å². The predicted octanol–water partition coefficient (Wildman–Crippen LogP) is 3.18. The van der Waals surface area contributed by atoms with Crippen LogP contribution in [0, 0.1) is 11.8 Å². The Morgan fingerprint density at radius 1 is 1.04 bits per heavy atom. The van der Waals surface area contributed by atoms with Crippen molar-refractivity contribution in [2.24, 2.45) is 11.8 Å². The van der Waals surface area contributed by atoms with Gasteiger partial charge in [0.2, 0.25) is 5.91 Å². The van der Waals surface area contributed by atoms with E-state index in [4.69, 9.17) is 0 Å². The fraction of sp³-hybridized carbons (Fsp3) is 0.696. The lowest BCUT2D eigenvalue weighted by molar-refractivity contribution is -0.138. The minimum absolute atomic E-state index is 0.0352. The van der Waals surface area contributed by atoms with Gasteiger partial charge in [-0.25, -0.2) is 0 Å². The summed E-state index contributed by atoms with van der Waals surface area (Å²) in [4.78, 5) is 17.5. The van der Waals surface area contributed by atoms with E-state index in [0.717, 1.165) is 63.9 Å². The van der Waals surface area contributed by atoms with E-state index in [0.29, 0.717) is 5.91 Å². The second kappa shape index (κ2) is 10.2. The van der Waals surface area contributed by atoms with Gasteiger partial charge < -0.3 is 10.2 Å². The first-order chi connectivity index (χ1) is 13.2. The van der Waals surface area contributed by atoms with Crippen LogP contribution in [0.4, 0.5) is 0 Å². The number of piperidine rings is 2. The Kier molecular flexibility index (Phi) is 7.71. The molecule has 2 heterocycles. The van der Waals surface area contributed by atoms with Crippen LogP contribution in [0.1, 0.15) is 45.1 Å². The first kappa shape index (κ1) is 20.3. The molecule has 0 aliphatic carbocycles. The van der Waals surface area contributed by atoms with Crippen LogP contribution in [0.5, 0.6) is 0 Å². The summed E-state index contributed by atoms with van der Waals surface area (Å²) in [5.41, 5.74) is 1.44. The SMILES string of the molecule is CCNCC1CCN(C(=O)C(C)N2CCC(Cc3ccccc3)CC2)CC1. The van der Waals surface area contributed by atoms with E-state index in [2.05, 4.69) is 59.3 Å². The molecule has 1 unspecified atom stereocenters. The van der Waals surface area contributed by atoms with Crippen molar-refractivity contribution in [1.82, 2.24) is 15.1 Å². The van der Waals surface area contributed by atoms with Gasteiger partial charge >= 0.3 is 0 Å². The lowest BCUT2D eigenvalue weighted by Crippen LogP contribution is -2.52. The molecule has 1 amide bonds. The van der Waals surface area contributed by atoms with E-state index in [-0.39, 0.29) is 6.04 Å². The van der Waals surface area contributed by atoms with Crippen LogP contribution < -0.4 is 5.32 Å². The Bertz CT molecular complexity index is 560. The molecular formula is C23H37N3O. The van der Waals surface area contributed by atoms with Crippen molar-refractivity contribution in [3.63, 3.8) is 0 Å². The molecule has 150 valence electrons. The maximum atomic E-state index is 13.0. The number of hydrogen-bond acceptors (Lipinski definition) is 3. The van der Waals surface area contributed by atoms with Crippen molar-refractivity contribution in [2.45, 2.75) is 52.0 Å². The van der Waals surface area contributed by atoms with Gasteiger partial charge in [-0.2, -0.15) is 0 Å². The van der Waals surface area contributed by atoms with Gasteiger partial charge in [-0.15, -0.1) is 0 Å². The van der Waals surface area contributed by atoms with Crippen molar-refractivity contribution in [2.75, 3.05) is 39.3 Å². The van der Waals surface area contributed by atoms with Crippen LogP contribution in [0.15, 0.2) is 30.3 Å². The van der Waals surface area contributed by atoms with Crippen molar-refractivity contribution >= 4 is 5.91 Å². The molecule has 0 spiro atoms. The number of amides is 1. The van der Waals surface area contributed by atoms with Gasteiger partial charge in [-0.1, -0.05) is 37.3 Å². The van der Waals surface area contributed by atoms with Crippen molar-refractivity contribution in [3.8, 4) is 0 Å². The average Bonchev–Trinajstić information content (AvgIpc) is 2.73. The molecule has 27 heavy (non-hydrogen) atoms. The number of nitrogens with one attached hydrogen (secondary N) is 1. The van der Waals surface area contributed by atoms with Crippen molar-refractivity contribution < 1.29 is 4.79 Å². The van der Waals surface area contributed by atoms with Crippen LogP contribution in [0.2, 0.25) is 0 Å². The molecule has 0 radical (unpaired) electrons. The molecule has 1 aromatic rings. The van der Waals surface area contributed by atoms with Gasteiger partial charge in [0.25, 0.3) is 0 Å². The minimum Gasteiger partial charge on any atom is -0.341 e. The number of carbonyl (C=O) groups excluding carboxylic acids is 1. The number of rotatable bonds is 7. The van der Waals surface area contributed by atoms with E-state index in [1.165, 1.54) is 24.8 Å². The molecule has 1 aromatic carbocycles. The third-order valence-electron chi connectivity index (χ3n) is 6.53. The summed E-state index contributed by atoms with van der Waals surface area (Å²) in [6.07, 6.45) is 5.88. The summed E-state index contributed by atoms with van der Waals surface area (Å²) in [5, 5.41) is 3.45. The standard InChI is InChI=1S/C23H37N3O/c1-3-24-18-22-11-15-26(16-12-22)23(27)19(2)25-13-9-21(10-14-25)17-20-7-5-4-6-8-20/h4-8,19,21-22,24H,3,9-18H2,1-2H3. The van der Waals surface area contributed by atoms with Crippen molar-refractivity contribution in [3.05, 3.63) is 35.9 Å². The molecule has 2 fully saturated rings. The van der Waals surface area contributed by atoms with Crippen LogP contribution in [0.3, 0.4) is 0 Å². The highest BCUT2D eigenvalue weighted by molar-refractivity contribution is 5.81. The van der Waals surface area contributed by atoms with Crippen LogP contribution in [-0.4, -0.2) is 61.0 Å². The molecule has 4 heteroatoms. The minimum atomic E-state index is 0.0352. The van der Waals surface area contributed by atoms with E-state index < -0.39 is 0 Å². The summed E-state index contributed by atoms with van der Waals surface area (Å²) < 4.78 is 0. The van der Waals surface area contributed by atoms with E-state index >= 15 is 0 Å². The third-order valence-corrected chi connectivity index (χ3v) is 6.53. The topological polar surface area (TPSA) is 35.6 Å². The number of carbonyl (C=O) groups is 1. The molecule has 0 saturated carbocycles. The quantitative estimate of drug-likeness (QED) is 0.800. The fourth-order valence-corrected chi connectivity index (χ4v) is 4.62. The monoisotopic (exact) mass is 371 g/mol. The molecule has 0 bridgehead atoms. The average molecular weight is 372 g/mol. The number of likely N-dealkylation sites (tertiary alicyclic amines) is 2. The summed E-state index contributed by atoms with van der Waals surface area (Å²) in [6.45, 7) is 10.4. The highest BCUT2D eigenvalue weighted by Crippen LogP contribution is 2.24. The lowest BCUT2D eigenvalue weighted by atomic mass is 9.89. The van der Waals surface area contributed by atoms with Gasteiger partial charge in [-0.3, -0.25) is 9.69 Å². The number of benzene rings is 1. The second-order valence-electron chi connectivity index (χ2n) is 8.42. The highest BCUT2D eigenvalue weighted by Gasteiger charge is 2.31.